The van der Waals surface area contributed by atoms with Crippen LogP contribution in [0.5, 0.6) is 0 Å². The van der Waals surface area contributed by atoms with E-state index >= 15 is 0 Å². The van der Waals surface area contributed by atoms with Crippen LogP contribution in [-0.2, 0) is 11.3 Å². The van der Waals surface area contributed by atoms with Crippen LogP contribution in [0.25, 0.3) is 11.0 Å². The maximum Gasteiger partial charge on any atom is 0.412 e. The number of ether oxygens (including phenoxy) is 1. The molecular weight excluding hydrogens is 302 g/mol. The molecule has 0 bridgehead atoms. The molecule has 24 heavy (non-hydrogen) atoms. The molecule has 3 aromatic rings. The fourth-order valence-electron chi connectivity index (χ4n) is 2.79. The number of hydrogen-bond donors (Lipinski definition) is 1. The Balaban J connectivity index is 1.53. The summed E-state index contributed by atoms with van der Waals surface area (Å²) in [5.41, 5.74) is 4.43. The summed E-state index contributed by atoms with van der Waals surface area (Å²) in [5, 5.41) is 2.83. The number of fused-ring (bicyclic) bond motifs is 1. The lowest BCUT2D eigenvalue weighted by Gasteiger charge is -2.12. The minimum absolute atomic E-state index is 0.241. The second-order valence-electron chi connectivity index (χ2n) is 5.92. The zero-order valence-corrected chi connectivity index (χ0v) is 13.1. The summed E-state index contributed by atoms with van der Waals surface area (Å²) in [6.07, 6.45) is 5.21. The van der Waals surface area contributed by atoms with E-state index in [0.29, 0.717) is 11.6 Å². The average molecular weight is 319 g/mol. The molecule has 0 aliphatic heterocycles. The van der Waals surface area contributed by atoms with Crippen molar-refractivity contribution in [2.24, 2.45) is 0 Å². The molecule has 1 N–H and O–H groups in total. The minimum Gasteiger partial charge on any atom is -0.444 e. The lowest BCUT2D eigenvalue weighted by molar-refractivity contribution is 0.155. The molecular formula is C19H17N3O2. The molecule has 2 aromatic heterocycles. The summed E-state index contributed by atoms with van der Waals surface area (Å²) < 4.78 is 5.30. The van der Waals surface area contributed by atoms with Crippen LogP contribution in [0.2, 0.25) is 0 Å². The molecule has 0 spiro atoms. The summed E-state index contributed by atoms with van der Waals surface area (Å²) in [6.45, 7) is 0.241. The Bertz CT molecular complexity index is 876. The maximum atomic E-state index is 12.1. The van der Waals surface area contributed by atoms with Crippen LogP contribution in [0.4, 0.5) is 10.5 Å². The predicted octanol–water partition coefficient (Wildman–Crippen LogP) is 4.26. The van der Waals surface area contributed by atoms with Crippen molar-refractivity contribution in [2.75, 3.05) is 5.32 Å². The predicted molar refractivity (Wildman–Crippen MR) is 91.8 cm³/mol. The fraction of sp³-hybridized carbons (Fsp3) is 0.211. The minimum atomic E-state index is -0.474. The molecule has 1 fully saturated rings. The van der Waals surface area contributed by atoms with Gasteiger partial charge >= 0.3 is 6.09 Å². The van der Waals surface area contributed by atoms with Crippen LogP contribution in [0.15, 0.2) is 54.9 Å². The van der Waals surface area contributed by atoms with Gasteiger partial charge in [-0.2, -0.15) is 0 Å². The Labute approximate surface area is 139 Å². The van der Waals surface area contributed by atoms with Crippen LogP contribution in [0, 0.1) is 0 Å². The third-order valence-corrected chi connectivity index (χ3v) is 4.10. The fourth-order valence-corrected chi connectivity index (χ4v) is 2.79. The molecule has 2 heterocycles. The van der Waals surface area contributed by atoms with E-state index in [1.54, 1.807) is 12.4 Å². The number of aromatic nitrogens is 2. The SMILES string of the molecule is O=C(Nc1cnc2cccnc2c1C1CC1)OCc1ccccc1. The van der Waals surface area contributed by atoms with Gasteiger partial charge in [0, 0.05) is 11.8 Å². The van der Waals surface area contributed by atoms with Crippen LogP contribution in [0.1, 0.15) is 29.9 Å². The average Bonchev–Trinajstić information content (AvgIpc) is 3.45. The van der Waals surface area contributed by atoms with Gasteiger partial charge in [-0.1, -0.05) is 30.3 Å². The van der Waals surface area contributed by atoms with Gasteiger partial charge in [0.25, 0.3) is 0 Å². The van der Waals surface area contributed by atoms with Crippen molar-refractivity contribution in [2.45, 2.75) is 25.4 Å². The Morgan fingerprint density at radius 2 is 1.96 bits per heavy atom. The third kappa shape index (κ3) is 3.06. The molecule has 1 aliphatic carbocycles. The number of hydrogen-bond acceptors (Lipinski definition) is 4. The maximum absolute atomic E-state index is 12.1. The Kier molecular flexibility index (Phi) is 3.83. The zero-order chi connectivity index (χ0) is 16.4. The quantitative estimate of drug-likeness (QED) is 0.780. The van der Waals surface area contributed by atoms with E-state index in [2.05, 4.69) is 15.3 Å². The highest BCUT2D eigenvalue weighted by molar-refractivity contribution is 5.91. The molecule has 0 radical (unpaired) electrons. The number of anilines is 1. The van der Waals surface area contributed by atoms with E-state index < -0.39 is 6.09 Å². The molecule has 0 saturated heterocycles. The van der Waals surface area contributed by atoms with E-state index in [9.17, 15) is 4.79 Å². The van der Waals surface area contributed by atoms with E-state index in [-0.39, 0.29) is 6.61 Å². The van der Waals surface area contributed by atoms with Crippen molar-refractivity contribution < 1.29 is 9.53 Å². The molecule has 1 saturated carbocycles. The summed E-state index contributed by atoms with van der Waals surface area (Å²) in [7, 11) is 0. The van der Waals surface area contributed by atoms with Crippen molar-refractivity contribution in [1.29, 1.82) is 0 Å². The summed E-state index contributed by atoms with van der Waals surface area (Å²) in [5.74, 6) is 0.440. The third-order valence-electron chi connectivity index (χ3n) is 4.10. The lowest BCUT2D eigenvalue weighted by atomic mass is 10.1. The molecule has 4 rings (SSSR count). The van der Waals surface area contributed by atoms with Gasteiger partial charge in [-0.25, -0.2) is 4.79 Å². The first-order valence-corrected chi connectivity index (χ1v) is 8.02. The van der Waals surface area contributed by atoms with Crippen LogP contribution < -0.4 is 5.32 Å². The summed E-state index contributed by atoms with van der Waals surface area (Å²) in [6, 6.07) is 13.4. The van der Waals surface area contributed by atoms with Gasteiger partial charge < -0.3 is 4.74 Å². The van der Waals surface area contributed by atoms with E-state index in [1.807, 2.05) is 42.5 Å². The van der Waals surface area contributed by atoms with E-state index in [0.717, 1.165) is 35.0 Å². The van der Waals surface area contributed by atoms with Gasteiger partial charge in [-0.3, -0.25) is 15.3 Å². The standard InChI is InChI=1S/C19H17N3O2/c23-19(24-12-13-5-2-1-3-6-13)22-16-11-21-15-7-4-10-20-18(15)17(16)14-8-9-14/h1-7,10-11,14H,8-9,12H2,(H,22,23). The van der Waals surface area contributed by atoms with Gasteiger partial charge in [0.15, 0.2) is 0 Å². The van der Waals surface area contributed by atoms with Crippen molar-refractivity contribution in [3.63, 3.8) is 0 Å². The molecule has 120 valence electrons. The molecule has 0 atom stereocenters. The molecule has 0 unspecified atom stereocenters. The number of amides is 1. The molecule has 1 amide bonds. The van der Waals surface area contributed by atoms with Crippen LogP contribution >= 0.6 is 0 Å². The monoisotopic (exact) mass is 319 g/mol. The molecule has 5 heteroatoms. The number of pyridine rings is 2. The number of nitrogens with one attached hydrogen (secondary N) is 1. The van der Waals surface area contributed by atoms with Crippen molar-refractivity contribution in [3.8, 4) is 0 Å². The van der Waals surface area contributed by atoms with Gasteiger partial charge in [0.2, 0.25) is 0 Å². The van der Waals surface area contributed by atoms with Gasteiger partial charge in [0.05, 0.1) is 22.9 Å². The number of carbonyl (C=O) groups is 1. The second kappa shape index (κ2) is 6.28. The topological polar surface area (TPSA) is 64.1 Å². The highest BCUT2D eigenvalue weighted by Gasteiger charge is 2.29. The number of carbonyl (C=O) groups excluding carboxylic acids is 1. The smallest absolute Gasteiger partial charge is 0.412 e. The molecule has 1 aromatic carbocycles. The van der Waals surface area contributed by atoms with Crippen molar-refractivity contribution >= 4 is 22.8 Å². The first kappa shape index (κ1) is 14.6. The highest BCUT2D eigenvalue weighted by Crippen LogP contribution is 2.45. The number of nitrogens with zero attached hydrogens (tertiary/aromatic N) is 2. The van der Waals surface area contributed by atoms with E-state index in [4.69, 9.17) is 4.74 Å². The first-order chi connectivity index (χ1) is 11.8. The number of benzene rings is 1. The number of rotatable bonds is 4. The largest absolute Gasteiger partial charge is 0.444 e. The van der Waals surface area contributed by atoms with Gasteiger partial charge in [-0.05, 0) is 36.5 Å². The summed E-state index contributed by atoms with van der Waals surface area (Å²) in [4.78, 5) is 21.0. The van der Waals surface area contributed by atoms with Gasteiger partial charge in [-0.15, -0.1) is 0 Å². The Hall–Kier alpha value is -2.95. The zero-order valence-electron chi connectivity index (χ0n) is 13.1. The van der Waals surface area contributed by atoms with Gasteiger partial charge in [0.1, 0.15) is 6.61 Å². The Morgan fingerprint density at radius 1 is 1.12 bits per heavy atom. The van der Waals surface area contributed by atoms with Crippen molar-refractivity contribution in [1.82, 2.24) is 9.97 Å². The van der Waals surface area contributed by atoms with E-state index in [1.165, 1.54) is 0 Å². The lowest BCUT2D eigenvalue weighted by Crippen LogP contribution is -2.15. The normalized spacial score (nSPS) is 13.7. The van der Waals surface area contributed by atoms with Crippen LogP contribution in [-0.4, -0.2) is 16.1 Å². The molecule has 1 aliphatic rings. The Morgan fingerprint density at radius 3 is 2.75 bits per heavy atom. The van der Waals surface area contributed by atoms with Crippen molar-refractivity contribution in [3.05, 3.63) is 66.0 Å². The highest BCUT2D eigenvalue weighted by atomic mass is 16.5. The summed E-state index contributed by atoms with van der Waals surface area (Å²) >= 11 is 0. The first-order valence-electron chi connectivity index (χ1n) is 8.02. The molecule has 5 nitrogen and oxygen atoms in total. The second-order valence-corrected chi connectivity index (χ2v) is 5.92. The van der Waals surface area contributed by atoms with Crippen LogP contribution in [0.3, 0.4) is 0 Å².